The van der Waals surface area contributed by atoms with Crippen LogP contribution in [-0.2, 0) is 0 Å². The van der Waals surface area contributed by atoms with Crippen LogP contribution in [0.25, 0.3) is 100 Å². The molecule has 8 aromatic carbocycles. The summed E-state index contributed by atoms with van der Waals surface area (Å²) in [4.78, 5) is 20.2. The van der Waals surface area contributed by atoms with Crippen LogP contribution in [0.15, 0.2) is 200 Å². The van der Waals surface area contributed by atoms with Gasteiger partial charge in [-0.05, 0) is 63.7 Å². The molecule has 0 atom stereocenters. The van der Waals surface area contributed by atoms with Gasteiger partial charge in [-0.1, -0.05) is 170 Å². The molecule has 270 valence electrons. The molecule has 0 aliphatic carbocycles. The molecule has 0 aliphatic heterocycles. The van der Waals surface area contributed by atoms with Gasteiger partial charge in [-0.25, -0.2) is 19.9 Å². The van der Waals surface area contributed by atoms with E-state index in [1.54, 1.807) is 0 Å². The minimum absolute atomic E-state index is 0.612. The van der Waals surface area contributed by atoms with E-state index in [0.717, 1.165) is 88.8 Å². The monoisotopic (exact) mass is 739 g/mol. The molecule has 10 rings (SSSR count). The Balaban J connectivity index is 1.14. The molecule has 0 fully saturated rings. The Hall–Kier alpha value is -8.07. The highest BCUT2D eigenvalue weighted by atomic mass is 14.9. The van der Waals surface area contributed by atoms with E-state index in [4.69, 9.17) is 19.9 Å². The second-order valence-electron chi connectivity index (χ2n) is 14.1. The fourth-order valence-corrected chi connectivity index (χ4v) is 7.76. The molecule has 0 unspecified atom stereocenters. The summed E-state index contributed by atoms with van der Waals surface area (Å²) in [7, 11) is 0. The van der Waals surface area contributed by atoms with Gasteiger partial charge < -0.3 is 0 Å². The van der Waals surface area contributed by atoms with Crippen molar-refractivity contribution < 1.29 is 0 Å². The normalized spacial score (nSPS) is 11.1. The first-order valence-electron chi connectivity index (χ1n) is 19.2. The number of fused-ring (bicyclic) bond motifs is 2. The Labute approximate surface area is 336 Å². The summed E-state index contributed by atoms with van der Waals surface area (Å²) < 4.78 is 0. The van der Waals surface area contributed by atoms with Crippen LogP contribution in [0, 0.1) is 11.3 Å². The number of benzene rings is 8. The lowest BCUT2D eigenvalue weighted by Gasteiger charge is -2.18. The van der Waals surface area contributed by atoms with Crippen LogP contribution in [0.3, 0.4) is 0 Å². The number of aromatic nitrogens is 4. The molecule has 0 saturated heterocycles. The van der Waals surface area contributed by atoms with Gasteiger partial charge in [-0.2, -0.15) is 5.26 Å². The average molecular weight is 740 g/mol. The standard InChI is InChI=1S/C53H33N5/c54-34-35-14-11-19-40(32-35)43-24-13-25-44(41-20-12-21-42(33-41)51-46-23-8-10-27-48(46)56-53(58-51)39-17-5-2-6-18-39)49(43)36-28-30-37(31-29-36)50-45-22-7-9-26-47(45)55-52(57-50)38-15-3-1-4-16-38/h1-33H. The van der Waals surface area contributed by atoms with Crippen molar-refractivity contribution in [3.63, 3.8) is 0 Å². The van der Waals surface area contributed by atoms with Crippen molar-refractivity contribution in [1.82, 2.24) is 19.9 Å². The first-order valence-corrected chi connectivity index (χ1v) is 19.2. The van der Waals surface area contributed by atoms with Crippen molar-refractivity contribution in [3.05, 3.63) is 206 Å². The van der Waals surface area contributed by atoms with E-state index < -0.39 is 0 Å². The molecule has 10 aromatic rings. The van der Waals surface area contributed by atoms with Crippen LogP contribution in [0.5, 0.6) is 0 Å². The molecule has 58 heavy (non-hydrogen) atoms. The Morgan fingerprint density at radius 1 is 0.328 bits per heavy atom. The molecule has 5 heteroatoms. The van der Waals surface area contributed by atoms with Gasteiger partial charge in [0.25, 0.3) is 0 Å². The minimum Gasteiger partial charge on any atom is -0.228 e. The maximum absolute atomic E-state index is 9.87. The van der Waals surface area contributed by atoms with Gasteiger partial charge >= 0.3 is 0 Å². The predicted octanol–water partition coefficient (Wildman–Crippen LogP) is 13.1. The third kappa shape index (κ3) is 6.45. The van der Waals surface area contributed by atoms with Crippen LogP contribution in [0.4, 0.5) is 0 Å². The Morgan fingerprint density at radius 2 is 0.776 bits per heavy atom. The summed E-state index contributed by atoms with van der Waals surface area (Å²) in [6, 6.07) is 70.4. The predicted molar refractivity (Wildman–Crippen MR) is 235 cm³/mol. The molecule has 0 amide bonds. The molecular formula is C53H33N5. The highest BCUT2D eigenvalue weighted by Crippen LogP contribution is 2.42. The SMILES string of the molecule is N#Cc1cccc(-c2cccc(-c3cccc(-c4nc(-c5ccccc5)nc5ccccc45)c3)c2-c2ccc(-c3nc(-c4ccccc4)nc4ccccc34)cc2)c1. The molecule has 5 nitrogen and oxygen atoms in total. The summed E-state index contributed by atoms with van der Waals surface area (Å²) >= 11 is 0. The summed E-state index contributed by atoms with van der Waals surface area (Å²) in [5.74, 6) is 1.38. The lowest BCUT2D eigenvalue weighted by atomic mass is 9.86. The van der Waals surface area contributed by atoms with Gasteiger partial charge in [0.05, 0.1) is 34.1 Å². The van der Waals surface area contributed by atoms with E-state index in [1.165, 1.54) is 0 Å². The number of hydrogen-bond donors (Lipinski definition) is 0. The van der Waals surface area contributed by atoms with Crippen molar-refractivity contribution >= 4 is 21.8 Å². The fraction of sp³-hybridized carbons (Fsp3) is 0. The van der Waals surface area contributed by atoms with Crippen molar-refractivity contribution in [2.45, 2.75) is 0 Å². The quantitative estimate of drug-likeness (QED) is 0.163. The highest BCUT2D eigenvalue weighted by Gasteiger charge is 2.18. The molecule has 0 aliphatic rings. The van der Waals surface area contributed by atoms with Crippen LogP contribution in [-0.4, -0.2) is 19.9 Å². The van der Waals surface area contributed by atoms with Gasteiger partial charge in [-0.15, -0.1) is 0 Å². The third-order valence-electron chi connectivity index (χ3n) is 10.5. The number of hydrogen-bond acceptors (Lipinski definition) is 5. The number of para-hydroxylation sites is 2. The number of rotatable bonds is 7. The van der Waals surface area contributed by atoms with Crippen LogP contribution < -0.4 is 0 Å². The summed E-state index contributed by atoms with van der Waals surface area (Å²) in [5, 5.41) is 11.9. The molecule has 0 spiro atoms. The lowest BCUT2D eigenvalue weighted by molar-refractivity contribution is 1.23. The molecule has 0 N–H and O–H groups in total. The van der Waals surface area contributed by atoms with E-state index >= 15 is 0 Å². The zero-order valence-corrected chi connectivity index (χ0v) is 31.3. The number of nitriles is 1. The van der Waals surface area contributed by atoms with E-state index in [2.05, 4.69) is 91.0 Å². The van der Waals surface area contributed by atoms with Crippen LogP contribution in [0.2, 0.25) is 0 Å². The summed E-state index contributed by atoms with van der Waals surface area (Å²) in [6.07, 6.45) is 0. The van der Waals surface area contributed by atoms with Gasteiger partial charge in [0.1, 0.15) is 0 Å². The van der Waals surface area contributed by atoms with Gasteiger partial charge in [-0.3, -0.25) is 0 Å². The smallest absolute Gasteiger partial charge is 0.160 e. The van der Waals surface area contributed by atoms with E-state index in [-0.39, 0.29) is 0 Å². The Bertz CT molecular complexity index is 3170. The number of nitrogens with zero attached hydrogens (tertiary/aromatic N) is 5. The molecule has 0 bridgehead atoms. The average Bonchev–Trinajstić information content (AvgIpc) is 3.31. The fourth-order valence-electron chi connectivity index (χ4n) is 7.76. The maximum Gasteiger partial charge on any atom is 0.160 e. The van der Waals surface area contributed by atoms with E-state index in [1.807, 2.05) is 115 Å². The van der Waals surface area contributed by atoms with Gasteiger partial charge in [0.2, 0.25) is 0 Å². The molecule has 0 radical (unpaired) electrons. The van der Waals surface area contributed by atoms with Crippen LogP contribution in [0.1, 0.15) is 5.56 Å². The van der Waals surface area contributed by atoms with Crippen molar-refractivity contribution in [3.8, 4) is 84.7 Å². The second-order valence-corrected chi connectivity index (χ2v) is 14.1. The van der Waals surface area contributed by atoms with Crippen molar-refractivity contribution in [2.24, 2.45) is 0 Å². The highest BCUT2D eigenvalue weighted by molar-refractivity contribution is 5.99. The largest absolute Gasteiger partial charge is 0.228 e. The molecular weight excluding hydrogens is 707 g/mol. The second kappa shape index (κ2) is 14.9. The maximum atomic E-state index is 9.87. The van der Waals surface area contributed by atoms with E-state index in [9.17, 15) is 5.26 Å². The topological polar surface area (TPSA) is 75.3 Å². The van der Waals surface area contributed by atoms with E-state index in [0.29, 0.717) is 17.2 Å². The van der Waals surface area contributed by atoms with Crippen LogP contribution >= 0.6 is 0 Å². The Morgan fingerprint density at radius 3 is 1.36 bits per heavy atom. The zero-order valence-electron chi connectivity index (χ0n) is 31.3. The van der Waals surface area contributed by atoms with Gasteiger partial charge in [0.15, 0.2) is 11.6 Å². The molecule has 2 heterocycles. The zero-order chi connectivity index (χ0) is 38.8. The lowest BCUT2D eigenvalue weighted by Crippen LogP contribution is -1.96. The first-order chi connectivity index (χ1) is 28.7. The van der Waals surface area contributed by atoms with Crippen molar-refractivity contribution in [1.29, 1.82) is 5.26 Å². The van der Waals surface area contributed by atoms with Crippen molar-refractivity contribution in [2.75, 3.05) is 0 Å². The summed E-state index contributed by atoms with van der Waals surface area (Å²) in [6.45, 7) is 0. The first kappa shape index (κ1) is 34.4. The molecule has 0 saturated carbocycles. The third-order valence-corrected chi connectivity index (χ3v) is 10.5. The van der Waals surface area contributed by atoms with Gasteiger partial charge in [0, 0.05) is 33.0 Å². The molecule has 2 aromatic heterocycles. The summed E-state index contributed by atoms with van der Waals surface area (Å²) in [5.41, 5.74) is 14.3. The minimum atomic E-state index is 0.612. The Kier molecular flexibility index (Phi) is 8.83.